The summed E-state index contributed by atoms with van der Waals surface area (Å²) in [6.45, 7) is 0.113. The predicted octanol–water partition coefficient (Wildman–Crippen LogP) is 3.06. The molecule has 3 nitrogen and oxygen atoms in total. The van der Waals surface area contributed by atoms with Crippen LogP contribution in [0.1, 0.15) is 36.1 Å². The van der Waals surface area contributed by atoms with Gasteiger partial charge in [0.05, 0.1) is 20.1 Å². The fraction of sp³-hybridized carbons (Fsp3) is 0.562. The van der Waals surface area contributed by atoms with E-state index in [0.29, 0.717) is 12.8 Å². The zero-order chi connectivity index (χ0) is 15.1. The van der Waals surface area contributed by atoms with Crippen molar-refractivity contribution in [2.45, 2.75) is 31.4 Å². The Balaban J connectivity index is 1.74. The Labute approximate surface area is 134 Å². The lowest BCUT2D eigenvalue weighted by molar-refractivity contribution is -0.141. The molecular formula is C16H20O3S2. The summed E-state index contributed by atoms with van der Waals surface area (Å²) in [5, 5.41) is 10.7. The number of aliphatic hydroxyl groups excluding tert-OH is 1. The monoisotopic (exact) mass is 324 g/mol. The minimum atomic E-state index is -0.0920. The van der Waals surface area contributed by atoms with E-state index in [4.69, 9.17) is 9.84 Å². The third-order valence-corrected chi connectivity index (χ3v) is 5.93. The van der Waals surface area contributed by atoms with Crippen LogP contribution in [0.4, 0.5) is 0 Å². The number of ether oxygens (including phenoxy) is 1. The van der Waals surface area contributed by atoms with Gasteiger partial charge in [0, 0.05) is 28.0 Å². The number of esters is 1. The third kappa shape index (κ3) is 5.39. The zero-order valence-corrected chi connectivity index (χ0v) is 13.8. The van der Waals surface area contributed by atoms with Crippen LogP contribution in [0.2, 0.25) is 0 Å². The molecule has 1 aromatic rings. The van der Waals surface area contributed by atoms with Gasteiger partial charge < -0.3 is 9.84 Å². The normalized spacial score (nSPS) is 15.1. The van der Waals surface area contributed by atoms with Crippen LogP contribution in [0.5, 0.6) is 0 Å². The van der Waals surface area contributed by atoms with Gasteiger partial charge in [-0.05, 0) is 30.1 Å². The number of carbonyl (C=O) groups is 1. The van der Waals surface area contributed by atoms with Gasteiger partial charge in [0.25, 0.3) is 0 Å². The molecule has 2 rings (SSSR count). The fourth-order valence-corrected chi connectivity index (χ4v) is 4.37. The van der Waals surface area contributed by atoms with Crippen molar-refractivity contribution < 1.29 is 14.6 Å². The lowest BCUT2D eigenvalue weighted by Crippen LogP contribution is -2.13. The second-order valence-electron chi connectivity index (χ2n) is 5.32. The smallest absolute Gasteiger partial charge is 0.306 e. The van der Waals surface area contributed by atoms with Crippen molar-refractivity contribution in [1.82, 2.24) is 0 Å². The summed E-state index contributed by atoms with van der Waals surface area (Å²) in [6.07, 6.45) is 3.35. The highest BCUT2D eigenvalue weighted by atomic mass is 32.2. The van der Waals surface area contributed by atoms with Crippen molar-refractivity contribution in [3.05, 3.63) is 21.9 Å². The van der Waals surface area contributed by atoms with E-state index >= 15 is 0 Å². The maximum absolute atomic E-state index is 11.4. The highest BCUT2D eigenvalue weighted by molar-refractivity contribution is 7.98. The average molecular weight is 324 g/mol. The molecule has 0 unspecified atom stereocenters. The molecule has 1 aliphatic carbocycles. The van der Waals surface area contributed by atoms with E-state index in [1.165, 1.54) is 12.0 Å². The van der Waals surface area contributed by atoms with E-state index in [0.717, 1.165) is 29.9 Å². The molecule has 114 valence electrons. The molecule has 1 fully saturated rings. The SMILES string of the molecule is COC(=O)CC1(CSCc2cc(C#CCCO)cs2)CC1. The van der Waals surface area contributed by atoms with E-state index in [-0.39, 0.29) is 18.0 Å². The second kappa shape index (κ2) is 7.88. The van der Waals surface area contributed by atoms with Crippen molar-refractivity contribution in [1.29, 1.82) is 0 Å². The Kier molecular flexibility index (Phi) is 6.16. The number of thiophene rings is 1. The summed E-state index contributed by atoms with van der Waals surface area (Å²) in [5.41, 5.74) is 1.22. The van der Waals surface area contributed by atoms with Crippen LogP contribution in [0.3, 0.4) is 0 Å². The maximum Gasteiger partial charge on any atom is 0.306 e. The number of carbonyl (C=O) groups excluding carboxylic acids is 1. The van der Waals surface area contributed by atoms with Gasteiger partial charge in [-0.15, -0.1) is 11.3 Å². The van der Waals surface area contributed by atoms with Gasteiger partial charge in [-0.1, -0.05) is 11.8 Å². The van der Waals surface area contributed by atoms with E-state index in [9.17, 15) is 4.79 Å². The molecule has 0 atom stereocenters. The molecule has 0 aromatic carbocycles. The van der Waals surface area contributed by atoms with E-state index in [1.807, 2.05) is 11.8 Å². The molecule has 0 amide bonds. The minimum Gasteiger partial charge on any atom is -0.469 e. The van der Waals surface area contributed by atoms with Gasteiger partial charge >= 0.3 is 5.97 Å². The number of rotatable bonds is 7. The number of hydrogen-bond donors (Lipinski definition) is 1. The highest BCUT2D eigenvalue weighted by Gasteiger charge is 2.44. The number of methoxy groups -OCH3 is 1. The topological polar surface area (TPSA) is 46.5 Å². The first-order valence-electron chi connectivity index (χ1n) is 6.99. The standard InChI is InChI=1S/C16H20O3S2/c1-19-15(18)9-16(5-6-16)12-20-11-14-8-13(10-21-14)4-2-3-7-17/h8,10,17H,3,5-7,9,11-12H2,1H3. The number of aliphatic hydroxyl groups is 1. The van der Waals surface area contributed by atoms with E-state index in [2.05, 4.69) is 23.3 Å². The van der Waals surface area contributed by atoms with E-state index < -0.39 is 0 Å². The molecule has 21 heavy (non-hydrogen) atoms. The molecule has 0 radical (unpaired) electrons. The van der Waals surface area contributed by atoms with Crippen molar-refractivity contribution >= 4 is 29.1 Å². The van der Waals surface area contributed by atoms with E-state index in [1.54, 1.807) is 11.3 Å². The minimum absolute atomic E-state index is 0.0920. The second-order valence-corrected chi connectivity index (χ2v) is 7.30. The Hall–Kier alpha value is -0.960. The fourth-order valence-electron chi connectivity index (χ4n) is 2.04. The van der Waals surface area contributed by atoms with Gasteiger partial charge in [-0.3, -0.25) is 4.79 Å². The van der Waals surface area contributed by atoms with Crippen molar-refractivity contribution in [2.75, 3.05) is 19.5 Å². The van der Waals surface area contributed by atoms with Gasteiger partial charge in [0.2, 0.25) is 0 Å². The number of thioether (sulfide) groups is 1. The summed E-state index contributed by atoms with van der Waals surface area (Å²) in [6, 6.07) is 2.11. The van der Waals surface area contributed by atoms with Crippen molar-refractivity contribution in [3.8, 4) is 11.8 Å². The molecular weight excluding hydrogens is 304 g/mol. The Morgan fingerprint density at radius 2 is 2.38 bits per heavy atom. The summed E-state index contributed by atoms with van der Waals surface area (Å²) in [7, 11) is 1.45. The molecule has 1 N–H and O–H groups in total. The summed E-state index contributed by atoms with van der Waals surface area (Å²) in [4.78, 5) is 12.7. The molecule has 0 bridgehead atoms. The summed E-state index contributed by atoms with van der Waals surface area (Å²) in [5.74, 6) is 7.88. The van der Waals surface area contributed by atoms with Crippen LogP contribution < -0.4 is 0 Å². The Morgan fingerprint density at radius 1 is 1.57 bits per heavy atom. The Morgan fingerprint density at radius 3 is 3.05 bits per heavy atom. The molecule has 0 saturated heterocycles. The van der Waals surface area contributed by atoms with Crippen molar-refractivity contribution in [3.63, 3.8) is 0 Å². The third-order valence-electron chi connectivity index (χ3n) is 3.48. The maximum atomic E-state index is 11.4. The number of hydrogen-bond acceptors (Lipinski definition) is 5. The largest absolute Gasteiger partial charge is 0.469 e. The molecule has 1 aromatic heterocycles. The first-order valence-corrected chi connectivity index (χ1v) is 9.03. The van der Waals surface area contributed by atoms with Crippen LogP contribution in [0.15, 0.2) is 11.4 Å². The van der Waals surface area contributed by atoms with Crippen LogP contribution in [0.25, 0.3) is 0 Å². The first kappa shape index (κ1) is 16.4. The molecule has 5 heteroatoms. The van der Waals surface area contributed by atoms with Gasteiger partial charge in [-0.25, -0.2) is 0 Å². The van der Waals surface area contributed by atoms with Gasteiger partial charge in [0.1, 0.15) is 0 Å². The molecule has 0 spiro atoms. The predicted molar refractivity (Wildman–Crippen MR) is 87.4 cm³/mol. The van der Waals surface area contributed by atoms with Crippen LogP contribution in [-0.2, 0) is 15.3 Å². The van der Waals surface area contributed by atoms with Crippen molar-refractivity contribution in [2.24, 2.45) is 5.41 Å². The van der Waals surface area contributed by atoms with Gasteiger partial charge in [-0.2, -0.15) is 11.8 Å². The van der Waals surface area contributed by atoms with Gasteiger partial charge in [0.15, 0.2) is 0 Å². The lowest BCUT2D eigenvalue weighted by Gasteiger charge is -2.12. The quantitative estimate of drug-likeness (QED) is 0.618. The highest BCUT2D eigenvalue weighted by Crippen LogP contribution is 2.51. The average Bonchev–Trinajstić information content (AvgIpc) is 3.08. The summed E-state index contributed by atoms with van der Waals surface area (Å²) < 4.78 is 4.76. The molecule has 0 aliphatic heterocycles. The molecule has 1 saturated carbocycles. The summed E-state index contributed by atoms with van der Waals surface area (Å²) >= 11 is 3.60. The zero-order valence-electron chi connectivity index (χ0n) is 12.2. The first-order chi connectivity index (χ1) is 10.2. The van der Waals surface area contributed by atoms with Crippen LogP contribution >= 0.6 is 23.1 Å². The lowest BCUT2D eigenvalue weighted by atomic mass is 10.1. The van der Waals surface area contributed by atoms with Crippen LogP contribution in [0, 0.1) is 17.3 Å². The molecule has 1 aliphatic rings. The Bertz CT molecular complexity index is 535. The van der Waals surface area contributed by atoms with Crippen LogP contribution in [-0.4, -0.2) is 30.5 Å². The molecule has 1 heterocycles.